The molecular weight excluding hydrogens is 234 g/mol. The van der Waals surface area contributed by atoms with E-state index in [1.807, 2.05) is 0 Å². The van der Waals surface area contributed by atoms with Crippen LogP contribution in [0.2, 0.25) is 0 Å². The molecule has 19 heavy (non-hydrogen) atoms. The highest BCUT2D eigenvalue weighted by Crippen LogP contribution is 2.21. The Kier molecular flexibility index (Phi) is 6.38. The molecule has 1 fully saturated rings. The SMILES string of the molecule is CCCNCc1cccc(COC2CCCCC2)c1. The topological polar surface area (TPSA) is 21.3 Å². The number of rotatable bonds is 7. The lowest BCUT2D eigenvalue weighted by atomic mass is 9.98. The average molecular weight is 261 g/mol. The Bertz CT molecular complexity index is 358. The molecule has 0 aromatic heterocycles. The second kappa shape index (κ2) is 8.34. The third kappa shape index (κ3) is 5.33. The Morgan fingerprint density at radius 1 is 1.16 bits per heavy atom. The Morgan fingerprint density at radius 3 is 2.74 bits per heavy atom. The van der Waals surface area contributed by atoms with Gasteiger partial charge in [0.1, 0.15) is 0 Å². The van der Waals surface area contributed by atoms with Gasteiger partial charge in [-0.1, -0.05) is 50.5 Å². The molecule has 0 saturated heterocycles. The second-order valence-electron chi connectivity index (χ2n) is 5.57. The fourth-order valence-electron chi connectivity index (χ4n) is 2.68. The van der Waals surface area contributed by atoms with Gasteiger partial charge in [-0.15, -0.1) is 0 Å². The fourth-order valence-corrected chi connectivity index (χ4v) is 2.68. The van der Waals surface area contributed by atoms with Gasteiger partial charge in [-0.2, -0.15) is 0 Å². The maximum atomic E-state index is 6.03. The molecule has 1 aliphatic rings. The number of hydrogen-bond donors (Lipinski definition) is 1. The highest BCUT2D eigenvalue weighted by molar-refractivity contribution is 5.22. The molecule has 2 nitrogen and oxygen atoms in total. The molecule has 1 saturated carbocycles. The van der Waals surface area contributed by atoms with Crippen LogP contribution in [0.4, 0.5) is 0 Å². The first-order valence-electron chi connectivity index (χ1n) is 7.78. The minimum absolute atomic E-state index is 0.496. The van der Waals surface area contributed by atoms with E-state index in [0.717, 1.165) is 19.7 Å². The van der Waals surface area contributed by atoms with Crippen molar-refractivity contribution in [3.8, 4) is 0 Å². The summed E-state index contributed by atoms with van der Waals surface area (Å²) in [5, 5.41) is 3.44. The number of hydrogen-bond acceptors (Lipinski definition) is 2. The number of benzene rings is 1. The summed E-state index contributed by atoms with van der Waals surface area (Å²) < 4.78 is 6.03. The summed E-state index contributed by atoms with van der Waals surface area (Å²) in [6.07, 6.45) is 8.24. The van der Waals surface area contributed by atoms with Crippen molar-refractivity contribution in [2.75, 3.05) is 6.54 Å². The van der Waals surface area contributed by atoms with Gasteiger partial charge in [0.25, 0.3) is 0 Å². The highest BCUT2D eigenvalue weighted by atomic mass is 16.5. The molecular formula is C17H27NO. The molecule has 106 valence electrons. The van der Waals surface area contributed by atoms with Crippen molar-refractivity contribution < 1.29 is 4.74 Å². The largest absolute Gasteiger partial charge is 0.374 e. The zero-order valence-corrected chi connectivity index (χ0v) is 12.2. The Morgan fingerprint density at radius 2 is 1.95 bits per heavy atom. The van der Waals surface area contributed by atoms with Gasteiger partial charge < -0.3 is 10.1 Å². The Hall–Kier alpha value is -0.860. The van der Waals surface area contributed by atoms with Crippen LogP contribution in [0.15, 0.2) is 24.3 Å². The Labute approximate surface area is 117 Å². The molecule has 1 N–H and O–H groups in total. The molecule has 0 amide bonds. The van der Waals surface area contributed by atoms with Crippen LogP contribution in [0.25, 0.3) is 0 Å². The van der Waals surface area contributed by atoms with Crippen LogP contribution in [0, 0.1) is 0 Å². The van der Waals surface area contributed by atoms with E-state index in [2.05, 4.69) is 36.5 Å². The zero-order chi connectivity index (χ0) is 13.3. The van der Waals surface area contributed by atoms with E-state index in [9.17, 15) is 0 Å². The van der Waals surface area contributed by atoms with Crippen molar-refractivity contribution in [2.24, 2.45) is 0 Å². The maximum Gasteiger partial charge on any atom is 0.0720 e. The fraction of sp³-hybridized carbons (Fsp3) is 0.647. The summed E-state index contributed by atoms with van der Waals surface area (Å²) in [5.74, 6) is 0. The van der Waals surface area contributed by atoms with E-state index < -0.39 is 0 Å². The van der Waals surface area contributed by atoms with Crippen molar-refractivity contribution in [1.82, 2.24) is 5.32 Å². The van der Waals surface area contributed by atoms with E-state index in [0.29, 0.717) is 6.10 Å². The van der Waals surface area contributed by atoms with Crippen molar-refractivity contribution in [3.05, 3.63) is 35.4 Å². The quantitative estimate of drug-likeness (QED) is 0.748. The van der Waals surface area contributed by atoms with E-state index in [4.69, 9.17) is 4.74 Å². The summed E-state index contributed by atoms with van der Waals surface area (Å²) >= 11 is 0. The third-order valence-corrected chi connectivity index (χ3v) is 3.79. The summed E-state index contributed by atoms with van der Waals surface area (Å²) in [5.41, 5.74) is 2.67. The first-order chi connectivity index (χ1) is 9.38. The molecule has 0 aliphatic heterocycles. The van der Waals surface area contributed by atoms with Gasteiger partial charge in [-0.25, -0.2) is 0 Å². The van der Waals surface area contributed by atoms with Crippen molar-refractivity contribution in [3.63, 3.8) is 0 Å². The van der Waals surface area contributed by atoms with Crippen molar-refractivity contribution in [1.29, 1.82) is 0 Å². The maximum absolute atomic E-state index is 6.03. The molecule has 0 atom stereocenters. The molecule has 2 heteroatoms. The number of nitrogens with one attached hydrogen (secondary N) is 1. The van der Waals surface area contributed by atoms with Gasteiger partial charge in [0, 0.05) is 6.54 Å². The predicted octanol–water partition coefficient (Wildman–Crippen LogP) is 4.04. The molecule has 1 aromatic rings. The first-order valence-corrected chi connectivity index (χ1v) is 7.78. The van der Waals surface area contributed by atoms with Gasteiger partial charge in [0.05, 0.1) is 12.7 Å². The van der Waals surface area contributed by atoms with Crippen LogP contribution in [0.1, 0.15) is 56.6 Å². The molecule has 0 radical (unpaired) electrons. The number of ether oxygens (including phenoxy) is 1. The van der Waals surface area contributed by atoms with Crippen molar-refractivity contribution in [2.45, 2.75) is 64.7 Å². The molecule has 2 rings (SSSR count). The van der Waals surface area contributed by atoms with Gasteiger partial charge >= 0.3 is 0 Å². The van der Waals surface area contributed by atoms with Gasteiger partial charge in [0.2, 0.25) is 0 Å². The molecule has 0 unspecified atom stereocenters. The van der Waals surface area contributed by atoms with Gasteiger partial charge in [-0.3, -0.25) is 0 Å². The molecule has 0 heterocycles. The van der Waals surface area contributed by atoms with Crippen LogP contribution in [-0.2, 0) is 17.9 Å². The monoisotopic (exact) mass is 261 g/mol. The van der Waals surface area contributed by atoms with E-state index in [-0.39, 0.29) is 0 Å². The van der Waals surface area contributed by atoms with Crippen LogP contribution in [0.5, 0.6) is 0 Å². The molecule has 0 bridgehead atoms. The van der Waals surface area contributed by atoms with Crippen LogP contribution in [-0.4, -0.2) is 12.6 Å². The lowest BCUT2D eigenvalue weighted by Gasteiger charge is -2.22. The summed E-state index contributed by atoms with van der Waals surface area (Å²) in [7, 11) is 0. The first kappa shape index (κ1) is 14.5. The minimum Gasteiger partial charge on any atom is -0.374 e. The zero-order valence-electron chi connectivity index (χ0n) is 12.2. The molecule has 0 spiro atoms. The van der Waals surface area contributed by atoms with E-state index in [1.165, 1.54) is 49.7 Å². The summed E-state index contributed by atoms with van der Waals surface area (Å²) in [4.78, 5) is 0. The summed E-state index contributed by atoms with van der Waals surface area (Å²) in [6, 6.07) is 8.77. The lowest BCUT2D eigenvalue weighted by molar-refractivity contribution is 0.0168. The normalized spacial score (nSPS) is 16.7. The Balaban J connectivity index is 1.77. The standard InChI is InChI=1S/C17H27NO/c1-2-11-18-13-15-7-6-8-16(12-15)14-19-17-9-4-3-5-10-17/h6-8,12,17-18H,2-5,9-11,13-14H2,1H3. The van der Waals surface area contributed by atoms with Gasteiger partial charge in [0.15, 0.2) is 0 Å². The molecule has 1 aromatic carbocycles. The minimum atomic E-state index is 0.496. The predicted molar refractivity (Wildman–Crippen MR) is 80.1 cm³/mol. The third-order valence-electron chi connectivity index (χ3n) is 3.79. The summed E-state index contributed by atoms with van der Waals surface area (Å²) in [6.45, 7) is 5.02. The average Bonchev–Trinajstić information content (AvgIpc) is 2.47. The second-order valence-corrected chi connectivity index (χ2v) is 5.57. The van der Waals surface area contributed by atoms with E-state index in [1.54, 1.807) is 0 Å². The van der Waals surface area contributed by atoms with Crippen LogP contribution < -0.4 is 5.32 Å². The highest BCUT2D eigenvalue weighted by Gasteiger charge is 2.13. The van der Waals surface area contributed by atoms with Gasteiger partial charge in [-0.05, 0) is 36.9 Å². The van der Waals surface area contributed by atoms with Crippen molar-refractivity contribution >= 4 is 0 Å². The van der Waals surface area contributed by atoms with Crippen LogP contribution >= 0.6 is 0 Å². The van der Waals surface area contributed by atoms with Crippen LogP contribution in [0.3, 0.4) is 0 Å². The molecule has 1 aliphatic carbocycles. The smallest absolute Gasteiger partial charge is 0.0720 e. The lowest BCUT2D eigenvalue weighted by Crippen LogP contribution is -2.16. The van der Waals surface area contributed by atoms with E-state index >= 15 is 0 Å².